The maximum Gasteiger partial charge on any atom is 0.256 e. The summed E-state index contributed by atoms with van der Waals surface area (Å²) in [5, 5.41) is 17.3. The van der Waals surface area contributed by atoms with Crippen LogP contribution in [0.15, 0.2) is 12.1 Å². The van der Waals surface area contributed by atoms with Crippen molar-refractivity contribution in [2.45, 2.75) is 71.1 Å². The zero-order chi connectivity index (χ0) is 26.5. The van der Waals surface area contributed by atoms with E-state index in [2.05, 4.69) is 19.9 Å². The summed E-state index contributed by atoms with van der Waals surface area (Å²) < 4.78 is 21.4. The average molecular weight is 501 g/mol. The Labute approximate surface area is 214 Å². The van der Waals surface area contributed by atoms with Gasteiger partial charge in [0.2, 0.25) is 0 Å². The molecular weight excluding hydrogens is 459 g/mol. The number of hydrogen-bond donors (Lipinski definition) is 1. The molecule has 4 fully saturated rings. The number of likely N-dealkylation sites (tertiary alicyclic amines) is 1. The molecule has 2 bridgehead atoms. The second-order valence-corrected chi connectivity index (χ2v) is 11.1. The predicted octanol–water partition coefficient (Wildman–Crippen LogP) is 5.34. The number of nitriles is 1. The molecule has 6 nitrogen and oxygen atoms in total. The minimum Gasteiger partial charge on any atom is -0.491 e. The van der Waals surface area contributed by atoms with E-state index >= 15 is 4.39 Å². The van der Waals surface area contributed by atoms with Crippen molar-refractivity contribution in [3.8, 4) is 11.8 Å². The molecule has 1 amide bonds. The van der Waals surface area contributed by atoms with Crippen LogP contribution in [0, 0.1) is 46.2 Å². The summed E-state index contributed by atoms with van der Waals surface area (Å²) in [5.74, 6) is 2.14. The van der Waals surface area contributed by atoms with Gasteiger partial charge in [0.15, 0.2) is 0 Å². The van der Waals surface area contributed by atoms with Gasteiger partial charge in [-0.05, 0) is 92.6 Å². The third-order valence-electron chi connectivity index (χ3n) is 8.75. The van der Waals surface area contributed by atoms with E-state index in [1.54, 1.807) is 11.0 Å². The number of carbonyl (C=O) groups is 2. The van der Waals surface area contributed by atoms with Crippen LogP contribution in [0.25, 0.3) is 0 Å². The molecule has 1 N–H and O–H groups in total. The first-order valence-electron chi connectivity index (χ1n) is 13.3. The fraction of sp³-hybridized carbons (Fsp3) is 0.690. The molecule has 5 rings (SSSR count). The highest BCUT2D eigenvalue weighted by Crippen LogP contribution is 2.55. The zero-order valence-electron chi connectivity index (χ0n) is 22.0. The molecule has 1 heterocycles. The molecule has 1 aromatic carbocycles. The van der Waals surface area contributed by atoms with E-state index < -0.39 is 11.2 Å². The van der Waals surface area contributed by atoms with E-state index in [1.165, 1.54) is 12.5 Å². The summed E-state index contributed by atoms with van der Waals surface area (Å²) in [6.45, 7) is 8.22. The van der Waals surface area contributed by atoms with Gasteiger partial charge in [-0.3, -0.25) is 4.79 Å². The molecule has 36 heavy (non-hydrogen) atoms. The number of benzene rings is 1. The van der Waals surface area contributed by atoms with Gasteiger partial charge in [0, 0.05) is 26.3 Å². The van der Waals surface area contributed by atoms with Crippen LogP contribution in [0.3, 0.4) is 0 Å². The number of aliphatic hydroxyl groups is 1. The molecule has 0 spiro atoms. The van der Waals surface area contributed by atoms with E-state index in [4.69, 9.17) is 14.6 Å². The molecule has 5 atom stereocenters. The largest absolute Gasteiger partial charge is 0.491 e. The fourth-order valence-electron chi connectivity index (χ4n) is 6.83. The highest BCUT2D eigenvalue weighted by molar-refractivity contribution is 5.95. The Hall–Kier alpha value is -2.46. The van der Waals surface area contributed by atoms with Gasteiger partial charge in [0.25, 0.3) is 5.91 Å². The number of ether oxygens (including phenoxy) is 1. The van der Waals surface area contributed by atoms with Crippen LogP contribution in [0.4, 0.5) is 4.39 Å². The number of amides is 1. The summed E-state index contributed by atoms with van der Waals surface area (Å²) in [6, 6.07) is 5.84. The Morgan fingerprint density at radius 3 is 2.44 bits per heavy atom. The molecule has 4 aliphatic rings. The molecule has 1 saturated heterocycles. The summed E-state index contributed by atoms with van der Waals surface area (Å²) in [6.07, 6.45) is 8.58. The van der Waals surface area contributed by atoms with E-state index in [9.17, 15) is 10.1 Å². The van der Waals surface area contributed by atoms with Crippen molar-refractivity contribution in [3.05, 3.63) is 29.1 Å². The molecule has 1 aliphatic heterocycles. The first-order chi connectivity index (χ1) is 17.4. The monoisotopic (exact) mass is 500 g/mol. The number of halogens is 1. The maximum absolute atomic E-state index is 15.1. The second-order valence-electron chi connectivity index (χ2n) is 11.1. The standard InChI is InChI=1S/C27H35FN2O2.CH4O.CH2O/c1-17-9-19-11-18(2)27(15-29,21(10-17)12-19)16-32-25-14-24(28)23(13-22(25)20-5-6-20)26(31)30-7-3-4-8-30;2*1-2/h13-14,17-21H,3-12,16H2,1-2H3;2H,1H3;1H2. The highest BCUT2D eigenvalue weighted by Gasteiger charge is 2.52. The lowest BCUT2D eigenvalue weighted by Crippen LogP contribution is -2.49. The van der Waals surface area contributed by atoms with Crippen LogP contribution in [0.1, 0.15) is 87.1 Å². The van der Waals surface area contributed by atoms with E-state index in [0.717, 1.165) is 63.5 Å². The third kappa shape index (κ3) is 5.59. The summed E-state index contributed by atoms with van der Waals surface area (Å²) >= 11 is 0. The lowest BCUT2D eigenvalue weighted by molar-refractivity contribution is -0.0980. The number of carbonyl (C=O) groups excluding carboxylic acids is 2. The van der Waals surface area contributed by atoms with Gasteiger partial charge in [-0.25, -0.2) is 4.39 Å². The number of aliphatic hydroxyl groups excluding tert-OH is 1. The Balaban J connectivity index is 0.000000861. The van der Waals surface area contributed by atoms with Crippen molar-refractivity contribution in [2.24, 2.45) is 29.1 Å². The van der Waals surface area contributed by atoms with Crippen LogP contribution in [-0.2, 0) is 4.79 Å². The Bertz CT molecular complexity index is 949. The van der Waals surface area contributed by atoms with Crippen molar-refractivity contribution in [1.82, 2.24) is 4.90 Å². The minimum atomic E-state index is -0.521. The molecule has 7 heteroatoms. The molecule has 5 unspecified atom stereocenters. The quantitative estimate of drug-likeness (QED) is 0.589. The lowest BCUT2D eigenvalue weighted by atomic mass is 9.53. The number of hydrogen-bond acceptors (Lipinski definition) is 5. The Kier molecular flexibility index (Phi) is 9.52. The average Bonchev–Trinajstić information content (AvgIpc) is 3.58. The van der Waals surface area contributed by atoms with Crippen LogP contribution in [0.5, 0.6) is 5.75 Å². The number of fused-ring (bicyclic) bond motifs is 2. The smallest absolute Gasteiger partial charge is 0.256 e. The van der Waals surface area contributed by atoms with Gasteiger partial charge in [-0.2, -0.15) is 5.26 Å². The van der Waals surface area contributed by atoms with Crippen LogP contribution in [-0.4, -0.2) is 49.5 Å². The summed E-state index contributed by atoms with van der Waals surface area (Å²) in [5.41, 5.74) is 0.596. The van der Waals surface area contributed by atoms with Gasteiger partial charge in [0.05, 0.1) is 17.0 Å². The van der Waals surface area contributed by atoms with Crippen molar-refractivity contribution in [1.29, 1.82) is 5.26 Å². The van der Waals surface area contributed by atoms with Crippen molar-refractivity contribution < 1.29 is 23.8 Å². The van der Waals surface area contributed by atoms with Gasteiger partial charge in [-0.1, -0.05) is 13.8 Å². The minimum absolute atomic E-state index is 0.172. The predicted molar refractivity (Wildman–Crippen MR) is 136 cm³/mol. The van der Waals surface area contributed by atoms with E-state index in [1.807, 2.05) is 6.79 Å². The lowest BCUT2D eigenvalue weighted by Gasteiger charge is -2.50. The molecule has 198 valence electrons. The van der Waals surface area contributed by atoms with Crippen LogP contribution < -0.4 is 4.74 Å². The molecular formula is C29H41FN2O4. The number of rotatable bonds is 5. The van der Waals surface area contributed by atoms with Crippen molar-refractivity contribution >= 4 is 12.7 Å². The van der Waals surface area contributed by atoms with Crippen molar-refractivity contribution in [2.75, 3.05) is 26.8 Å². The molecule has 3 saturated carbocycles. The third-order valence-corrected chi connectivity index (χ3v) is 8.75. The summed E-state index contributed by atoms with van der Waals surface area (Å²) in [7, 11) is 1.00. The fourth-order valence-corrected chi connectivity index (χ4v) is 6.83. The first kappa shape index (κ1) is 28.1. The zero-order valence-corrected chi connectivity index (χ0v) is 22.0. The van der Waals surface area contributed by atoms with Gasteiger partial charge >= 0.3 is 0 Å². The van der Waals surface area contributed by atoms with Crippen LogP contribution >= 0.6 is 0 Å². The molecule has 0 aromatic heterocycles. The first-order valence-corrected chi connectivity index (χ1v) is 13.3. The Morgan fingerprint density at radius 1 is 1.17 bits per heavy atom. The van der Waals surface area contributed by atoms with E-state index in [0.29, 0.717) is 43.2 Å². The Morgan fingerprint density at radius 2 is 1.83 bits per heavy atom. The summed E-state index contributed by atoms with van der Waals surface area (Å²) in [4.78, 5) is 22.6. The van der Waals surface area contributed by atoms with E-state index in [-0.39, 0.29) is 17.4 Å². The second kappa shape index (κ2) is 12.2. The maximum atomic E-state index is 15.1. The molecule has 0 radical (unpaired) electrons. The molecule has 3 aliphatic carbocycles. The van der Waals surface area contributed by atoms with Gasteiger partial charge in [-0.15, -0.1) is 0 Å². The highest BCUT2D eigenvalue weighted by atomic mass is 19.1. The van der Waals surface area contributed by atoms with Crippen molar-refractivity contribution in [3.63, 3.8) is 0 Å². The number of nitrogens with zero attached hydrogens (tertiary/aromatic N) is 2. The topological polar surface area (TPSA) is 90.6 Å². The molecule has 1 aromatic rings. The van der Waals surface area contributed by atoms with Gasteiger partial charge in [0.1, 0.15) is 25.0 Å². The van der Waals surface area contributed by atoms with Gasteiger partial charge < -0.3 is 19.5 Å². The van der Waals surface area contributed by atoms with Crippen LogP contribution in [0.2, 0.25) is 0 Å². The normalized spacial score (nSPS) is 30.7. The SMILES string of the molecule is C=O.CC1CC2CC(C)C(C#N)(COc3cc(F)c(C(=O)N4CCCC4)cc3C3CC3)C(C1)C2.CO.